The molecule has 3 nitrogen and oxygen atoms in total. The Balaban J connectivity index is 1.76. The lowest BCUT2D eigenvalue weighted by molar-refractivity contribution is 0.424. The van der Waals surface area contributed by atoms with E-state index in [1.807, 2.05) is 0 Å². The zero-order valence-corrected chi connectivity index (χ0v) is 11.7. The van der Waals surface area contributed by atoms with Gasteiger partial charge in [-0.25, -0.2) is 0 Å². The van der Waals surface area contributed by atoms with Gasteiger partial charge in [0.05, 0.1) is 12.2 Å². The molecule has 2 aliphatic rings. The van der Waals surface area contributed by atoms with Crippen LogP contribution in [0.5, 0.6) is 0 Å². The van der Waals surface area contributed by atoms with Gasteiger partial charge in [0.2, 0.25) is 0 Å². The van der Waals surface area contributed by atoms with E-state index in [-0.39, 0.29) is 0 Å². The number of nitrogens with one attached hydrogen (secondary N) is 1. The molecule has 1 aromatic heterocycles. The van der Waals surface area contributed by atoms with Crippen LogP contribution in [0.2, 0.25) is 0 Å². The Bertz CT molecular complexity index is 402. The van der Waals surface area contributed by atoms with Crippen LogP contribution in [0.3, 0.4) is 0 Å². The molecule has 0 amide bonds. The maximum absolute atomic E-state index is 4.69. The summed E-state index contributed by atoms with van der Waals surface area (Å²) in [6.45, 7) is 6.66. The molecule has 1 unspecified atom stereocenters. The first-order valence-electron chi connectivity index (χ1n) is 7.58. The highest BCUT2D eigenvalue weighted by Gasteiger charge is 2.35. The van der Waals surface area contributed by atoms with Crippen LogP contribution >= 0.6 is 0 Å². The van der Waals surface area contributed by atoms with Gasteiger partial charge in [0.25, 0.3) is 0 Å². The Morgan fingerprint density at radius 1 is 1.39 bits per heavy atom. The van der Waals surface area contributed by atoms with Crippen LogP contribution < -0.4 is 5.32 Å². The fourth-order valence-corrected chi connectivity index (χ4v) is 2.85. The maximum atomic E-state index is 4.69. The highest BCUT2D eigenvalue weighted by atomic mass is 15.3. The normalized spacial score (nSPS) is 21.2. The van der Waals surface area contributed by atoms with Gasteiger partial charge in [-0.1, -0.05) is 6.92 Å². The van der Waals surface area contributed by atoms with Crippen molar-refractivity contribution in [3.05, 3.63) is 17.5 Å². The Morgan fingerprint density at radius 2 is 2.17 bits per heavy atom. The second kappa shape index (κ2) is 5.04. The SMILES string of the molecule is CCCNCc1cnn(C(C)C2CC2)c1C1CC1. The van der Waals surface area contributed by atoms with E-state index in [1.54, 1.807) is 0 Å². The first-order valence-corrected chi connectivity index (χ1v) is 7.58. The monoisotopic (exact) mass is 247 g/mol. The maximum Gasteiger partial charge on any atom is 0.0537 e. The lowest BCUT2D eigenvalue weighted by Crippen LogP contribution is -2.16. The third-order valence-corrected chi connectivity index (χ3v) is 4.31. The summed E-state index contributed by atoms with van der Waals surface area (Å²) in [5.41, 5.74) is 2.98. The van der Waals surface area contributed by atoms with Gasteiger partial charge in [-0.15, -0.1) is 0 Å². The van der Waals surface area contributed by atoms with E-state index in [0.29, 0.717) is 6.04 Å². The molecule has 1 N–H and O–H groups in total. The molecule has 18 heavy (non-hydrogen) atoms. The first-order chi connectivity index (χ1) is 8.81. The highest BCUT2D eigenvalue weighted by molar-refractivity contribution is 5.26. The molecule has 0 saturated heterocycles. The fourth-order valence-electron chi connectivity index (χ4n) is 2.85. The number of hydrogen-bond donors (Lipinski definition) is 1. The van der Waals surface area contributed by atoms with E-state index in [0.717, 1.165) is 24.9 Å². The Kier molecular flexibility index (Phi) is 3.42. The lowest BCUT2D eigenvalue weighted by atomic mass is 10.1. The van der Waals surface area contributed by atoms with Crippen molar-refractivity contribution in [3.63, 3.8) is 0 Å². The summed E-state index contributed by atoms with van der Waals surface area (Å²) in [7, 11) is 0. The summed E-state index contributed by atoms with van der Waals surface area (Å²) in [5, 5.41) is 8.21. The largest absolute Gasteiger partial charge is 0.313 e. The summed E-state index contributed by atoms with van der Waals surface area (Å²) in [4.78, 5) is 0. The molecule has 2 fully saturated rings. The summed E-state index contributed by atoms with van der Waals surface area (Å²) in [6, 6.07) is 0.612. The Labute approximate surface area is 110 Å². The summed E-state index contributed by atoms with van der Waals surface area (Å²) >= 11 is 0. The Morgan fingerprint density at radius 3 is 2.78 bits per heavy atom. The molecule has 2 aliphatic carbocycles. The van der Waals surface area contributed by atoms with Gasteiger partial charge in [0, 0.05) is 23.7 Å². The molecule has 0 aromatic carbocycles. The molecule has 0 spiro atoms. The molecule has 0 aliphatic heterocycles. The van der Waals surface area contributed by atoms with Crippen molar-refractivity contribution in [2.45, 2.75) is 64.5 Å². The van der Waals surface area contributed by atoms with E-state index in [4.69, 9.17) is 5.10 Å². The molecule has 1 heterocycles. The second-order valence-corrected chi connectivity index (χ2v) is 6.03. The van der Waals surface area contributed by atoms with Gasteiger partial charge < -0.3 is 5.32 Å². The Hall–Kier alpha value is -0.830. The smallest absolute Gasteiger partial charge is 0.0537 e. The lowest BCUT2D eigenvalue weighted by Gasteiger charge is -2.16. The first kappa shape index (κ1) is 12.2. The topological polar surface area (TPSA) is 29.9 Å². The molecular weight excluding hydrogens is 222 g/mol. The van der Waals surface area contributed by atoms with Gasteiger partial charge in [0.1, 0.15) is 0 Å². The predicted molar refractivity (Wildman–Crippen MR) is 73.6 cm³/mol. The molecule has 3 heteroatoms. The van der Waals surface area contributed by atoms with Crippen LogP contribution in [-0.2, 0) is 6.54 Å². The van der Waals surface area contributed by atoms with Crippen LogP contribution in [0, 0.1) is 5.92 Å². The average molecular weight is 247 g/mol. The average Bonchev–Trinajstić information content (AvgIpc) is 3.26. The van der Waals surface area contributed by atoms with E-state index in [2.05, 4.69) is 30.0 Å². The molecule has 2 saturated carbocycles. The molecular formula is C15H25N3. The minimum atomic E-state index is 0.612. The number of aromatic nitrogens is 2. The highest BCUT2D eigenvalue weighted by Crippen LogP contribution is 2.46. The predicted octanol–water partition coefficient (Wildman–Crippen LogP) is 3.23. The van der Waals surface area contributed by atoms with E-state index in [9.17, 15) is 0 Å². The standard InChI is InChI=1S/C15H25N3/c1-3-8-16-9-14-10-17-18(11(2)12-4-5-12)15(14)13-6-7-13/h10-13,16H,3-9H2,1-2H3. The quantitative estimate of drug-likeness (QED) is 0.750. The third kappa shape index (κ3) is 2.46. The summed E-state index contributed by atoms with van der Waals surface area (Å²) < 4.78 is 2.35. The van der Waals surface area contributed by atoms with E-state index >= 15 is 0 Å². The van der Waals surface area contributed by atoms with Crippen LogP contribution in [0.4, 0.5) is 0 Å². The van der Waals surface area contributed by atoms with Gasteiger partial charge in [-0.2, -0.15) is 5.10 Å². The molecule has 1 aromatic rings. The fraction of sp³-hybridized carbons (Fsp3) is 0.800. The van der Waals surface area contributed by atoms with Gasteiger partial charge in [-0.3, -0.25) is 4.68 Å². The zero-order valence-electron chi connectivity index (χ0n) is 11.7. The van der Waals surface area contributed by atoms with E-state index < -0.39 is 0 Å². The minimum absolute atomic E-state index is 0.612. The zero-order chi connectivity index (χ0) is 12.5. The third-order valence-electron chi connectivity index (χ3n) is 4.31. The van der Waals surface area contributed by atoms with Crippen LogP contribution in [-0.4, -0.2) is 16.3 Å². The van der Waals surface area contributed by atoms with Crippen molar-refractivity contribution in [2.24, 2.45) is 5.92 Å². The number of rotatable bonds is 7. The van der Waals surface area contributed by atoms with Crippen LogP contribution in [0.1, 0.15) is 69.2 Å². The molecule has 100 valence electrons. The summed E-state index contributed by atoms with van der Waals surface area (Å²) in [5.74, 6) is 1.69. The van der Waals surface area contributed by atoms with Crippen molar-refractivity contribution < 1.29 is 0 Å². The van der Waals surface area contributed by atoms with Crippen molar-refractivity contribution in [1.82, 2.24) is 15.1 Å². The number of nitrogens with zero attached hydrogens (tertiary/aromatic N) is 2. The second-order valence-electron chi connectivity index (χ2n) is 6.03. The number of hydrogen-bond acceptors (Lipinski definition) is 2. The van der Waals surface area contributed by atoms with E-state index in [1.165, 1.54) is 43.4 Å². The molecule has 1 atom stereocenters. The van der Waals surface area contributed by atoms with Crippen molar-refractivity contribution in [3.8, 4) is 0 Å². The minimum Gasteiger partial charge on any atom is -0.313 e. The molecule has 3 rings (SSSR count). The molecule has 0 bridgehead atoms. The van der Waals surface area contributed by atoms with Crippen LogP contribution in [0.15, 0.2) is 6.20 Å². The van der Waals surface area contributed by atoms with Gasteiger partial charge >= 0.3 is 0 Å². The van der Waals surface area contributed by atoms with Gasteiger partial charge in [0.15, 0.2) is 0 Å². The van der Waals surface area contributed by atoms with Gasteiger partial charge in [-0.05, 0) is 51.5 Å². The van der Waals surface area contributed by atoms with Crippen LogP contribution in [0.25, 0.3) is 0 Å². The summed E-state index contributed by atoms with van der Waals surface area (Å²) in [6.07, 6.45) is 8.83. The van der Waals surface area contributed by atoms with Crippen molar-refractivity contribution in [2.75, 3.05) is 6.54 Å². The molecule has 0 radical (unpaired) electrons. The van der Waals surface area contributed by atoms with Crippen molar-refractivity contribution in [1.29, 1.82) is 0 Å². The van der Waals surface area contributed by atoms with Crippen molar-refractivity contribution >= 4 is 0 Å².